The summed E-state index contributed by atoms with van der Waals surface area (Å²) < 4.78 is 1.81. The van der Waals surface area contributed by atoms with Gasteiger partial charge in [0, 0.05) is 25.6 Å². The molecule has 3 N–H and O–H groups in total. The average molecular weight is 413 g/mol. The highest BCUT2D eigenvalue weighted by Crippen LogP contribution is 2.28. The SMILES string of the molecule is CCCCC(CN)NC(=O)c1sc2nc3n(c(=O)c2c1C)CCCCC3.Cl. The zero-order chi connectivity index (χ0) is 18.7. The minimum absolute atomic E-state index is 0. The van der Waals surface area contributed by atoms with Gasteiger partial charge in [0.2, 0.25) is 0 Å². The number of unbranched alkanes of at least 4 members (excludes halogenated alkanes) is 1. The number of hydrogen-bond acceptors (Lipinski definition) is 5. The summed E-state index contributed by atoms with van der Waals surface area (Å²) in [5.41, 5.74) is 6.54. The Morgan fingerprint density at radius 1 is 1.37 bits per heavy atom. The number of nitrogens with zero attached hydrogens (tertiary/aromatic N) is 2. The Hall–Kier alpha value is -1.44. The number of aromatic nitrogens is 2. The Morgan fingerprint density at radius 3 is 2.85 bits per heavy atom. The molecule has 27 heavy (non-hydrogen) atoms. The molecule has 3 heterocycles. The Labute approximate surface area is 170 Å². The standard InChI is InChI=1S/C19H28N4O2S.ClH/c1-3-4-8-13(11-20)21-17(24)16-12(2)15-18(26-16)22-14-9-6-5-7-10-23(14)19(15)25;/h13H,3-11,20H2,1-2H3,(H,21,24);1H. The predicted octanol–water partition coefficient (Wildman–Crippen LogP) is 3.16. The van der Waals surface area contributed by atoms with Crippen LogP contribution in [0.5, 0.6) is 0 Å². The first-order valence-electron chi connectivity index (χ1n) is 9.60. The Morgan fingerprint density at radius 2 is 2.15 bits per heavy atom. The number of amides is 1. The second-order valence-corrected chi connectivity index (χ2v) is 8.08. The van der Waals surface area contributed by atoms with E-state index in [2.05, 4.69) is 12.2 Å². The van der Waals surface area contributed by atoms with Crippen molar-refractivity contribution >= 4 is 39.9 Å². The van der Waals surface area contributed by atoms with E-state index in [9.17, 15) is 9.59 Å². The summed E-state index contributed by atoms with van der Waals surface area (Å²) in [5, 5.41) is 3.63. The van der Waals surface area contributed by atoms with Crippen molar-refractivity contribution in [2.75, 3.05) is 6.54 Å². The average Bonchev–Trinajstić information content (AvgIpc) is 2.81. The molecule has 150 valence electrons. The lowest BCUT2D eigenvalue weighted by molar-refractivity contribution is 0.0939. The highest BCUT2D eigenvalue weighted by atomic mass is 35.5. The predicted molar refractivity (Wildman–Crippen MR) is 113 cm³/mol. The maximum absolute atomic E-state index is 13.0. The summed E-state index contributed by atoms with van der Waals surface area (Å²) in [6.45, 7) is 5.11. The van der Waals surface area contributed by atoms with Crippen LogP contribution < -0.4 is 16.6 Å². The van der Waals surface area contributed by atoms with E-state index in [1.165, 1.54) is 11.3 Å². The maximum atomic E-state index is 13.0. The molecule has 0 aromatic carbocycles. The van der Waals surface area contributed by atoms with E-state index < -0.39 is 0 Å². The Balaban J connectivity index is 0.00000261. The zero-order valence-electron chi connectivity index (χ0n) is 16.0. The highest BCUT2D eigenvalue weighted by Gasteiger charge is 2.23. The summed E-state index contributed by atoms with van der Waals surface area (Å²) in [6, 6.07) is -0.0298. The molecule has 0 bridgehead atoms. The summed E-state index contributed by atoms with van der Waals surface area (Å²) in [5.74, 6) is 0.715. The van der Waals surface area contributed by atoms with Gasteiger partial charge in [-0.1, -0.05) is 26.2 Å². The number of thiophene rings is 1. The molecule has 1 aliphatic rings. The molecule has 1 aliphatic heterocycles. The van der Waals surface area contributed by atoms with Crippen LogP contribution in [-0.4, -0.2) is 28.0 Å². The van der Waals surface area contributed by atoms with Gasteiger partial charge in [-0.25, -0.2) is 4.98 Å². The van der Waals surface area contributed by atoms with Crippen LogP contribution in [0.25, 0.3) is 10.2 Å². The quantitative estimate of drug-likeness (QED) is 0.762. The molecule has 0 saturated heterocycles. The molecule has 3 rings (SSSR count). The molecule has 0 aliphatic carbocycles. The van der Waals surface area contributed by atoms with Gasteiger partial charge in [0.05, 0.1) is 10.3 Å². The Bertz CT molecular complexity index is 861. The van der Waals surface area contributed by atoms with Crippen molar-refractivity contribution in [3.05, 3.63) is 26.6 Å². The van der Waals surface area contributed by atoms with Gasteiger partial charge in [-0.3, -0.25) is 14.2 Å². The lowest BCUT2D eigenvalue weighted by atomic mass is 10.1. The highest BCUT2D eigenvalue weighted by molar-refractivity contribution is 7.20. The fraction of sp³-hybridized carbons (Fsp3) is 0.632. The van der Waals surface area contributed by atoms with Crippen LogP contribution in [-0.2, 0) is 13.0 Å². The number of aryl methyl sites for hydroxylation is 2. The summed E-state index contributed by atoms with van der Waals surface area (Å²) >= 11 is 1.32. The summed E-state index contributed by atoms with van der Waals surface area (Å²) in [7, 11) is 0. The number of nitrogens with two attached hydrogens (primary N) is 1. The minimum Gasteiger partial charge on any atom is -0.347 e. The molecule has 2 aromatic rings. The van der Waals surface area contributed by atoms with Gasteiger partial charge in [0.25, 0.3) is 11.5 Å². The van der Waals surface area contributed by atoms with E-state index in [0.29, 0.717) is 21.6 Å². The summed E-state index contributed by atoms with van der Waals surface area (Å²) in [6.07, 6.45) is 7.00. The smallest absolute Gasteiger partial charge is 0.262 e. The van der Waals surface area contributed by atoms with Crippen molar-refractivity contribution < 1.29 is 4.79 Å². The second-order valence-electron chi connectivity index (χ2n) is 7.08. The van der Waals surface area contributed by atoms with Crippen LogP contribution in [0.2, 0.25) is 0 Å². The van der Waals surface area contributed by atoms with Gasteiger partial charge in [0.1, 0.15) is 10.7 Å². The number of halogens is 1. The normalized spacial score (nSPS) is 14.9. The van der Waals surface area contributed by atoms with Gasteiger partial charge >= 0.3 is 0 Å². The molecule has 6 nitrogen and oxygen atoms in total. The number of carbonyl (C=O) groups excluding carboxylic acids is 1. The first-order chi connectivity index (χ1) is 12.6. The fourth-order valence-corrected chi connectivity index (χ4v) is 4.67. The molecule has 0 radical (unpaired) electrons. The molecule has 2 aromatic heterocycles. The zero-order valence-corrected chi connectivity index (χ0v) is 17.7. The van der Waals surface area contributed by atoms with Crippen molar-refractivity contribution in [3.63, 3.8) is 0 Å². The van der Waals surface area contributed by atoms with Crippen molar-refractivity contribution in [1.29, 1.82) is 0 Å². The topological polar surface area (TPSA) is 90.0 Å². The van der Waals surface area contributed by atoms with Crippen molar-refractivity contribution in [2.45, 2.75) is 71.4 Å². The Kier molecular flexibility index (Phi) is 7.82. The van der Waals surface area contributed by atoms with Crippen LogP contribution in [0.15, 0.2) is 4.79 Å². The molecule has 0 spiro atoms. The first kappa shape index (κ1) is 21.9. The lowest BCUT2D eigenvalue weighted by Gasteiger charge is -2.16. The molecular formula is C19H29ClN4O2S. The van der Waals surface area contributed by atoms with Gasteiger partial charge in [-0.05, 0) is 31.7 Å². The first-order valence-corrected chi connectivity index (χ1v) is 10.4. The molecule has 1 amide bonds. The molecule has 8 heteroatoms. The largest absolute Gasteiger partial charge is 0.347 e. The van der Waals surface area contributed by atoms with E-state index in [0.717, 1.165) is 62.9 Å². The molecule has 1 atom stereocenters. The molecule has 0 fully saturated rings. The van der Waals surface area contributed by atoms with Crippen LogP contribution >= 0.6 is 23.7 Å². The van der Waals surface area contributed by atoms with Crippen LogP contribution in [0.4, 0.5) is 0 Å². The van der Waals surface area contributed by atoms with Crippen molar-refractivity contribution in [1.82, 2.24) is 14.9 Å². The van der Waals surface area contributed by atoms with Crippen molar-refractivity contribution in [3.8, 4) is 0 Å². The van der Waals surface area contributed by atoms with E-state index >= 15 is 0 Å². The molecular weight excluding hydrogens is 384 g/mol. The monoisotopic (exact) mass is 412 g/mol. The van der Waals surface area contributed by atoms with Gasteiger partial charge in [-0.15, -0.1) is 23.7 Å². The van der Waals surface area contributed by atoms with Crippen LogP contribution in [0, 0.1) is 6.92 Å². The van der Waals surface area contributed by atoms with Crippen LogP contribution in [0.3, 0.4) is 0 Å². The molecule has 1 unspecified atom stereocenters. The third-order valence-corrected chi connectivity index (χ3v) is 6.33. The van der Waals surface area contributed by atoms with Gasteiger partial charge in [-0.2, -0.15) is 0 Å². The van der Waals surface area contributed by atoms with Gasteiger partial charge < -0.3 is 11.1 Å². The second kappa shape index (κ2) is 9.66. The number of carbonyl (C=O) groups is 1. The lowest BCUT2D eigenvalue weighted by Crippen LogP contribution is -2.40. The maximum Gasteiger partial charge on any atom is 0.262 e. The van der Waals surface area contributed by atoms with Crippen molar-refractivity contribution in [2.24, 2.45) is 5.73 Å². The third-order valence-electron chi connectivity index (χ3n) is 5.14. The van der Waals surface area contributed by atoms with Gasteiger partial charge in [0.15, 0.2) is 0 Å². The number of nitrogens with one attached hydrogen (secondary N) is 1. The number of rotatable bonds is 6. The van der Waals surface area contributed by atoms with E-state index in [1.807, 2.05) is 6.92 Å². The van der Waals surface area contributed by atoms with E-state index in [1.54, 1.807) is 4.57 Å². The number of hydrogen-bond donors (Lipinski definition) is 2. The van der Waals surface area contributed by atoms with Crippen LogP contribution in [0.1, 0.15) is 66.5 Å². The minimum atomic E-state index is -0.142. The molecule has 0 saturated carbocycles. The van der Waals surface area contributed by atoms with E-state index in [-0.39, 0.29) is 29.9 Å². The third kappa shape index (κ3) is 4.52. The van der Waals surface area contributed by atoms with E-state index in [4.69, 9.17) is 10.7 Å². The summed E-state index contributed by atoms with van der Waals surface area (Å²) in [4.78, 5) is 31.7. The number of fused-ring (bicyclic) bond motifs is 2. The fourth-order valence-electron chi connectivity index (χ4n) is 3.58.